The van der Waals surface area contributed by atoms with E-state index in [0.29, 0.717) is 22.8 Å². The van der Waals surface area contributed by atoms with Gasteiger partial charge in [-0.3, -0.25) is 4.57 Å². The molecule has 0 unspecified atom stereocenters. The Morgan fingerprint density at radius 1 is 0.829 bits per heavy atom. The number of nitrogens with two attached hydrogens (primary N) is 1. The van der Waals surface area contributed by atoms with Crippen LogP contribution in [-0.4, -0.2) is 45.8 Å². The van der Waals surface area contributed by atoms with Crippen LogP contribution in [0.5, 0.6) is 0 Å². The molecule has 0 radical (unpaired) electrons. The monoisotopic (exact) mass is 463 g/mol. The van der Waals surface area contributed by atoms with Crippen molar-refractivity contribution in [3.05, 3.63) is 85.2 Å². The molecule has 6 rings (SSSR count). The Kier molecular flexibility index (Phi) is 5.48. The van der Waals surface area contributed by atoms with E-state index in [4.69, 9.17) is 20.4 Å². The number of hydrogen-bond donors (Lipinski definition) is 2. The van der Waals surface area contributed by atoms with E-state index in [1.807, 2.05) is 59.2 Å². The van der Waals surface area contributed by atoms with Crippen molar-refractivity contribution in [2.75, 3.05) is 42.3 Å². The summed E-state index contributed by atoms with van der Waals surface area (Å²) in [4.78, 5) is 16.7. The SMILES string of the molecule is Nc1cccc(-c2nc(Nc3ccc(N4CCOCC4)cc3)c3ncn(-c4ccccc4)c3n2)c1. The Morgan fingerprint density at radius 3 is 2.40 bits per heavy atom. The molecule has 8 nitrogen and oxygen atoms in total. The Balaban J connectivity index is 1.41. The molecular formula is C27H25N7O. The Morgan fingerprint density at radius 2 is 1.63 bits per heavy atom. The summed E-state index contributed by atoms with van der Waals surface area (Å²) in [6, 6.07) is 26.0. The highest BCUT2D eigenvalue weighted by atomic mass is 16.5. The van der Waals surface area contributed by atoms with Crippen LogP contribution < -0.4 is 16.0 Å². The lowest BCUT2D eigenvalue weighted by Crippen LogP contribution is -2.36. The van der Waals surface area contributed by atoms with Crippen molar-refractivity contribution in [2.24, 2.45) is 0 Å². The molecule has 0 atom stereocenters. The van der Waals surface area contributed by atoms with Crippen molar-refractivity contribution in [3.63, 3.8) is 0 Å². The molecule has 3 heterocycles. The van der Waals surface area contributed by atoms with Crippen molar-refractivity contribution >= 4 is 34.0 Å². The second kappa shape index (κ2) is 9.08. The predicted molar refractivity (Wildman–Crippen MR) is 139 cm³/mol. The Labute approximate surface area is 203 Å². The van der Waals surface area contributed by atoms with E-state index in [1.54, 1.807) is 6.33 Å². The second-order valence-electron chi connectivity index (χ2n) is 8.41. The second-order valence-corrected chi connectivity index (χ2v) is 8.41. The molecule has 0 amide bonds. The van der Waals surface area contributed by atoms with Crippen LogP contribution in [0.15, 0.2) is 85.2 Å². The maximum Gasteiger partial charge on any atom is 0.170 e. The summed E-state index contributed by atoms with van der Waals surface area (Å²) in [5.41, 5.74) is 12.1. The maximum atomic E-state index is 6.05. The van der Waals surface area contributed by atoms with Crippen LogP contribution >= 0.6 is 0 Å². The highest BCUT2D eigenvalue weighted by Gasteiger charge is 2.16. The number of benzene rings is 3. The largest absolute Gasteiger partial charge is 0.399 e. The maximum absolute atomic E-state index is 6.05. The summed E-state index contributed by atoms with van der Waals surface area (Å²) in [5.74, 6) is 1.22. The minimum atomic E-state index is 0.579. The number of hydrogen-bond acceptors (Lipinski definition) is 7. The molecule has 1 aliphatic heterocycles. The van der Waals surface area contributed by atoms with E-state index in [0.717, 1.165) is 48.9 Å². The zero-order chi connectivity index (χ0) is 23.6. The van der Waals surface area contributed by atoms with Crippen LogP contribution in [-0.2, 0) is 4.74 Å². The molecule has 35 heavy (non-hydrogen) atoms. The van der Waals surface area contributed by atoms with E-state index >= 15 is 0 Å². The molecule has 3 aromatic carbocycles. The molecule has 0 saturated carbocycles. The zero-order valence-corrected chi connectivity index (χ0v) is 19.1. The van der Waals surface area contributed by atoms with Gasteiger partial charge in [-0.05, 0) is 48.5 Å². The third kappa shape index (κ3) is 4.27. The van der Waals surface area contributed by atoms with Gasteiger partial charge in [-0.25, -0.2) is 15.0 Å². The van der Waals surface area contributed by atoms with E-state index in [2.05, 4.69) is 39.5 Å². The third-order valence-electron chi connectivity index (χ3n) is 6.08. The summed E-state index contributed by atoms with van der Waals surface area (Å²) in [5, 5.41) is 3.47. The van der Waals surface area contributed by atoms with Gasteiger partial charge in [0, 0.05) is 41.4 Å². The van der Waals surface area contributed by atoms with Crippen LogP contribution in [0, 0.1) is 0 Å². The highest BCUT2D eigenvalue weighted by molar-refractivity contribution is 5.88. The quantitative estimate of drug-likeness (QED) is 0.367. The van der Waals surface area contributed by atoms with Crippen molar-refractivity contribution in [1.29, 1.82) is 0 Å². The van der Waals surface area contributed by atoms with Crippen molar-refractivity contribution < 1.29 is 4.74 Å². The molecule has 1 saturated heterocycles. The number of morpholine rings is 1. The lowest BCUT2D eigenvalue weighted by atomic mass is 10.2. The van der Waals surface area contributed by atoms with E-state index in [-0.39, 0.29) is 0 Å². The van der Waals surface area contributed by atoms with Gasteiger partial charge in [0.15, 0.2) is 22.8 Å². The molecule has 174 valence electrons. The highest BCUT2D eigenvalue weighted by Crippen LogP contribution is 2.29. The van der Waals surface area contributed by atoms with Crippen LogP contribution in [0.3, 0.4) is 0 Å². The molecular weight excluding hydrogens is 438 g/mol. The third-order valence-corrected chi connectivity index (χ3v) is 6.08. The average molecular weight is 464 g/mol. The van der Waals surface area contributed by atoms with Gasteiger partial charge in [0.05, 0.1) is 13.2 Å². The van der Waals surface area contributed by atoms with Crippen molar-refractivity contribution in [2.45, 2.75) is 0 Å². The van der Waals surface area contributed by atoms with Gasteiger partial charge in [0.1, 0.15) is 6.33 Å². The lowest BCUT2D eigenvalue weighted by molar-refractivity contribution is 0.122. The van der Waals surface area contributed by atoms with E-state index in [9.17, 15) is 0 Å². The topological polar surface area (TPSA) is 94.1 Å². The van der Waals surface area contributed by atoms with Crippen LogP contribution in [0.1, 0.15) is 0 Å². The summed E-state index contributed by atoms with van der Waals surface area (Å²) >= 11 is 0. The standard InChI is InChI=1S/C27H25N7O/c28-20-6-4-5-19(17-20)25-31-26(24-27(32-25)34(18-29-24)23-7-2-1-3-8-23)30-21-9-11-22(12-10-21)33-13-15-35-16-14-33/h1-12,17-18H,13-16,28H2,(H,30,31,32). The van der Waals surface area contributed by atoms with E-state index < -0.39 is 0 Å². The predicted octanol–water partition coefficient (Wildman–Crippen LogP) is 4.64. The zero-order valence-electron chi connectivity index (χ0n) is 19.1. The van der Waals surface area contributed by atoms with Crippen molar-refractivity contribution in [3.8, 4) is 17.1 Å². The fourth-order valence-electron chi connectivity index (χ4n) is 4.29. The number of anilines is 4. The first-order valence-electron chi connectivity index (χ1n) is 11.6. The molecule has 0 spiro atoms. The minimum absolute atomic E-state index is 0.579. The van der Waals surface area contributed by atoms with Crippen LogP contribution in [0.25, 0.3) is 28.2 Å². The number of nitrogen functional groups attached to an aromatic ring is 1. The number of fused-ring (bicyclic) bond motifs is 1. The number of aromatic nitrogens is 4. The molecule has 1 fully saturated rings. The minimum Gasteiger partial charge on any atom is -0.399 e. The van der Waals surface area contributed by atoms with Gasteiger partial charge >= 0.3 is 0 Å². The van der Waals surface area contributed by atoms with E-state index in [1.165, 1.54) is 5.69 Å². The first kappa shape index (κ1) is 21.1. The fourth-order valence-corrected chi connectivity index (χ4v) is 4.29. The van der Waals surface area contributed by atoms with Crippen LogP contribution in [0.4, 0.5) is 22.9 Å². The van der Waals surface area contributed by atoms with Gasteiger partial charge in [0.2, 0.25) is 0 Å². The molecule has 0 bridgehead atoms. The fraction of sp³-hybridized carbons (Fsp3) is 0.148. The number of para-hydroxylation sites is 1. The first-order chi connectivity index (χ1) is 17.2. The molecule has 0 aliphatic carbocycles. The van der Waals surface area contributed by atoms with Crippen LogP contribution in [0.2, 0.25) is 0 Å². The van der Waals surface area contributed by atoms with Gasteiger partial charge < -0.3 is 20.7 Å². The number of ether oxygens (including phenoxy) is 1. The normalized spacial score (nSPS) is 13.8. The smallest absolute Gasteiger partial charge is 0.170 e. The first-order valence-corrected chi connectivity index (χ1v) is 11.6. The average Bonchev–Trinajstić information content (AvgIpc) is 3.35. The van der Waals surface area contributed by atoms with Gasteiger partial charge in [-0.15, -0.1) is 0 Å². The summed E-state index contributed by atoms with van der Waals surface area (Å²) < 4.78 is 7.44. The lowest BCUT2D eigenvalue weighted by Gasteiger charge is -2.28. The number of rotatable bonds is 5. The summed E-state index contributed by atoms with van der Waals surface area (Å²) in [7, 11) is 0. The summed E-state index contributed by atoms with van der Waals surface area (Å²) in [6.45, 7) is 3.32. The molecule has 3 N–H and O–H groups in total. The van der Waals surface area contributed by atoms with Crippen molar-refractivity contribution in [1.82, 2.24) is 19.5 Å². The Hall–Kier alpha value is -4.43. The van der Waals surface area contributed by atoms with Gasteiger partial charge in [-0.2, -0.15) is 0 Å². The molecule has 2 aromatic heterocycles. The van der Waals surface area contributed by atoms with Gasteiger partial charge in [0.25, 0.3) is 0 Å². The molecule has 8 heteroatoms. The summed E-state index contributed by atoms with van der Waals surface area (Å²) in [6.07, 6.45) is 1.78. The van der Waals surface area contributed by atoms with Gasteiger partial charge in [-0.1, -0.05) is 30.3 Å². The number of nitrogens with zero attached hydrogens (tertiary/aromatic N) is 5. The molecule has 5 aromatic rings. The number of nitrogens with one attached hydrogen (secondary N) is 1. The Bertz CT molecular complexity index is 1460. The molecule has 1 aliphatic rings. The number of imidazole rings is 1.